The Bertz CT molecular complexity index is 687. The average molecular weight is 312 g/mol. The molecule has 122 valence electrons. The van der Waals surface area contributed by atoms with Crippen LogP contribution in [0.15, 0.2) is 42.5 Å². The zero-order valence-electron chi connectivity index (χ0n) is 13.8. The summed E-state index contributed by atoms with van der Waals surface area (Å²) >= 11 is 0. The third kappa shape index (κ3) is 3.09. The molecule has 3 rings (SSSR count). The maximum absolute atomic E-state index is 12.8. The number of ether oxygens (including phenoxy) is 1. The van der Waals surface area contributed by atoms with Crippen LogP contribution in [0.25, 0.3) is 10.8 Å². The van der Waals surface area contributed by atoms with Gasteiger partial charge in [-0.1, -0.05) is 42.5 Å². The molecule has 2 unspecified atom stereocenters. The Hall–Kier alpha value is -1.91. The fraction of sp³-hybridized carbons (Fsp3) is 0.421. The number of carbonyl (C=O) groups is 1. The van der Waals surface area contributed by atoms with Gasteiger partial charge in [0.1, 0.15) is 0 Å². The number of methoxy groups -OCH3 is 1. The van der Waals surface area contributed by atoms with Crippen LogP contribution in [-0.2, 0) is 9.53 Å². The van der Waals surface area contributed by atoms with Crippen LogP contribution in [0.2, 0.25) is 0 Å². The fourth-order valence-electron chi connectivity index (χ4n) is 3.46. The highest BCUT2D eigenvalue weighted by molar-refractivity contribution is 5.88. The van der Waals surface area contributed by atoms with Crippen molar-refractivity contribution in [3.63, 3.8) is 0 Å². The molecular formula is C19H24N2O2. The van der Waals surface area contributed by atoms with Gasteiger partial charge in [0.15, 0.2) is 0 Å². The van der Waals surface area contributed by atoms with E-state index in [-0.39, 0.29) is 11.9 Å². The Morgan fingerprint density at radius 3 is 2.83 bits per heavy atom. The molecule has 1 heterocycles. The molecule has 1 aliphatic rings. The van der Waals surface area contributed by atoms with Crippen LogP contribution in [0, 0.1) is 5.41 Å². The van der Waals surface area contributed by atoms with E-state index in [1.807, 2.05) is 25.1 Å². The summed E-state index contributed by atoms with van der Waals surface area (Å²) in [6.45, 7) is 4.03. The quantitative estimate of drug-likeness (QED) is 0.892. The van der Waals surface area contributed by atoms with E-state index in [0.29, 0.717) is 13.2 Å². The minimum atomic E-state index is -0.451. The lowest BCUT2D eigenvalue weighted by atomic mass is 9.86. The molecule has 1 aliphatic heterocycles. The predicted molar refractivity (Wildman–Crippen MR) is 92.3 cm³/mol. The van der Waals surface area contributed by atoms with Gasteiger partial charge in [-0.3, -0.25) is 4.79 Å². The van der Waals surface area contributed by atoms with Crippen molar-refractivity contribution in [3.05, 3.63) is 48.0 Å². The lowest BCUT2D eigenvalue weighted by Gasteiger charge is -2.28. The Morgan fingerprint density at radius 2 is 2.09 bits per heavy atom. The van der Waals surface area contributed by atoms with E-state index in [2.05, 4.69) is 34.9 Å². The van der Waals surface area contributed by atoms with Gasteiger partial charge in [0.2, 0.25) is 5.91 Å². The Balaban J connectivity index is 1.83. The normalized spacial score (nSPS) is 22.2. The highest BCUT2D eigenvalue weighted by Crippen LogP contribution is 2.29. The number of amides is 1. The molecule has 2 aromatic carbocycles. The summed E-state index contributed by atoms with van der Waals surface area (Å²) in [6, 6.07) is 14.5. The first-order valence-electron chi connectivity index (χ1n) is 8.14. The second-order valence-corrected chi connectivity index (χ2v) is 6.40. The van der Waals surface area contributed by atoms with Crippen molar-refractivity contribution in [2.45, 2.75) is 19.4 Å². The SMILES string of the molecule is COCC1(C(=O)NC(C)c2cccc3ccccc23)CCNC1. The first-order valence-corrected chi connectivity index (χ1v) is 8.14. The van der Waals surface area contributed by atoms with Gasteiger partial charge >= 0.3 is 0 Å². The molecular weight excluding hydrogens is 288 g/mol. The minimum Gasteiger partial charge on any atom is -0.384 e. The van der Waals surface area contributed by atoms with E-state index in [0.717, 1.165) is 18.5 Å². The van der Waals surface area contributed by atoms with Crippen molar-refractivity contribution in [2.24, 2.45) is 5.41 Å². The molecule has 0 saturated carbocycles. The smallest absolute Gasteiger partial charge is 0.230 e. The number of fused-ring (bicyclic) bond motifs is 1. The molecule has 1 saturated heterocycles. The number of hydrogen-bond donors (Lipinski definition) is 2. The summed E-state index contributed by atoms with van der Waals surface area (Å²) in [5.74, 6) is 0.0739. The number of nitrogens with one attached hydrogen (secondary N) is 2. The maximum Gasteiger partial charge on any atom is 0.230 e. The van der Waals surface area contributed by atoms with Gasteiger partial charge in [0.25, 0.3) is 0 Å². The van der Waals surface area contributed by atoms with Crippen LogP contribution < -0.4 is 10.6 Å². The Morgan fingerprint density at radius 1 is 1.30 bits per heavy atom. The molecule has 0 bridgehead atoms. The van der Waals surface area contributed by atoms with E-state index in [1.54, 1.807) is 7.11 Å². The minimum absolute atomic E-state index is 0.0390. The predicted octanol–water partition coefficient (Wildman–Crippen LogP) is 2.64. The summed E-state index contributed by atoms with van der Waals surface area (Å²) in [4.78, 5) is 12.8. The van der Waals surface area contributed by atoms with Crippen molar-refractivity contribution in [2.75, 3.05) is 26.8 Å². The summed E-state index contributed by atoms with van der Waals surface area (Å²) in [7, 11) is 1.65. The summed E-state index contributed by atoms with van der Waals surface area (Å²) in [5, 5.41) is 8.86. The van der Waals surface area contributed by atoms with Crippen molar-refractivity contribution in [3.8, 4) is 0 Å². The molecule has 2 atom stereocenters. The summed E-state index contributed by atoms with van der Waals surface area (Å²) in [5.41, 5.74) is 0.697. The number of rotatable bonds is 5. The fourth-order valence-corrected chi connectivity index (χ4v) is 3.46. The van der Waals surface area contributed by atoms with Crippen LogP contribution in [0.3, 0.4) is 0 Å². The number of hydrogen-bond acceptors (Lipinski definition) is 3. The van der Waals surface area contributed by atoms with Gasteiger partial charge in [-0.15, -0.1) is 0 Å². The molecule has 0 aromatic heterocycles. The molecule has 1 fully saturated rings. The summed E-state index contributed by atoms with van der Waals surface area (Å²) < 4.78 is 5.31. The highest BCUT2D eigenvalue weighted by Gasteiger charge is 2.41. The highest BCUT2D eigenvalue weighted by atomic mass is 16.5. The van der Waals surface area contributed by atoms with Crippen LogP contribution in [0.5, 0.6) is 0 Å². The third-order valence-corrected chi connectivity index (χ3v) is 4.78. The molecule has 23 heavy (non-hydrogen) atoms. The van der Waals surface area contributed by atoms with Crippen molar-refractivity contribution >= 4 is 16.7 Å². The van der Waals surface area contributed by atoms with Crippen molar-refractivity contribution in [1.82, 2.24) is 10.6 Å². The lowest BCUT2D eigenvalue weighted by Crippen LogP contribution is -2.46. The zero-order chi connectivity index (χ0) is 16.3. The monoisotopic (exact) mass is 312 g/mol. The Labute approximate surface area is 137 Å². The topological polar surface area (TPSA) is 50.4 Å². The third-order valence-electron chi connectivity index (χ3n) is 4.78. The second kappa shape index (κ2) is 6.69. The standard InChI is InChI=1S/C19H24N2O2/c1-14(16-9-5-7-15-6-3-4-8-17(15)16)21-18(22)19(13-23-2)10-11-20-12-19/h3-9,14,20H,10-13H2,1-2H3,(H,21,22). The largest absolute Gasteiger partial charge is 0.384 e. The number of benzene rings is 2. The molecule has 0 radical (unpaired) electrons. The van der Waals surface area contributed by atoms with Gasteiger partial charge in [0, 0.05) is 13.7 Å². The first-order chi connectivity index (χ1) is 11.2. The van der Waals surface area contributed by atoms with Crippen molar-refractivity contribution in [1.29, 1.82) is 0 Å². The van der Waals surface area contributed by atoms with Gasteiger partial charge in [0.05, 0.1) is 18.1 Å². The Kier molecular flexibility index (Phi) is 4.64. The van der Waals surface area contributed by atoms with Crippen molar-refractivity contribution < 1.29 is 9.53 Å². The molecule has 2 aromatic rings. The molecule has 1 amide bonds. The van der Waals surface area contributed by atoms with Crippen LogP contribution >= 0.6 is 0 Å². The molecule has 2 N–H and O–H groups in total. The van der Waals surface area contributed by atoms with E-state index < -0.39 is 5.41 Å². The van der Waals surface area contributed by atoms with Crippen LogP contribution in [0.4, 0.5) is 0 Å². The molecule has 0 aliphatic carbocycles. The number of carbonyl (C=O) groups excluding carboxylic acids is 1. The lowest BCUT2D eigenvalue weighted by molar-refractivity contribution is -0.133. The average Bonchev–Trinajstić information content (AvgIpc) is 3.04. The zero-order valence-corrected chi connectivity index (χ0v) is 13.8. The van der Waals surface area contributed by atoms with E-state index in [4.69, 9.17) is 4.74 Å². The van der Waals surface area contributed by atoms with Crippen LogP contribution in [0.1, 0.15) is 24.9 Å². The first kappa shape index (κ1) is 16.0. The second-order valence-electron chi connectivity index (χ2n) is 6.40. The molecule has 4 heteroatoms. The molecule has 4 nitrogen and oxygen atoms in total. The van der Waals surface area contributed by atoms with E-state index >= 15 is 0 Å². The maximum atomic E-state index is 12.8. The van der Waals surface area contributed by atoms with Gasteiger partial charge in [-0.25, -0.2) is 0 Å². The van der Waals surface area contributed by atoms with Crippen LogP contribution in [-0.4, -0.2) is 32.7 Å². The molecule has 0 spiro atoms. The van der Waals surface area contributed by atoms with E-state index in [9.17, 15) is 4.79 Å². The van der Waals surface area contributed by atoms with Gasteiger partial charge in [-0.2, -0.15) is 0 Å². The summed E-state index contributed by atoms with van der Waals surface area (Å²) in [6.07, 6.45) is 0.814. The van der Waals surface area contributed by atoms with E-state index in [1.165, 1.54) is 10.8 Å². The van der Waals surface area contributed by atoms with Gasteiger partial charge in [-0.05, 0) is 36.2 Å². The van der Waals surface area contributed by atoms with Gasteiger partial charge < -0.3 is 15.4 Å².